The predicted octanol–water partition coefficient (Wildman–Crippen LogP) is 2.31. The van der Waals surface area contributed by atoms with E-state index in [1.54, 1.807) is 7.11 Å². The molecule has 0 atom stereocenters. The van der Waals surface area contributed by atoms with Gasteiger partial charge in [-0.25, -0.2) is 4.98 Å². The summed E-state index contributed by atoms with van der Waals surface area (Å²) in [4.78, 5) is 4.40. The van der Waals surface area contributed by atoms with Crippen LogP contribution in [-0.4, -0.2) is 23.8 Å². The molecular weight excluding hydrogens is 242 g/mol. The van der Waals surface area contributed by atoms with Crippen LogP contribution in [0.3, 0.4) is 0 Å². The monoisotopic (exact) mass is 261 g/mol. The fourth-order valence-corrected chi connectivity index (χ4v) is 2.01. The lowest BCUT2D eigenvalue weighted by atomic mass is 10.1. The molecule has 19 heavy (non-hydrogen) atoms. The molecule has 2 rings (SSSR count). The van der Waals surface area contributed by atoms with Crippen molar-refractivity contribution in [1.82, 2.24) is 4.98 Å². The van der Waals surface area contributed by atoms with Crippen LogP contribution in [0.4, 0.5) is 0 Å². The maximum atomic E-state index is 8.92. The van der Waals surface area contributed by atoms with E-state index < -0.39 is 0 Å². The van der Waals surface area contributed by atoms with E-state index in [0.29, 0.717) is 6.42 Å². The van der Waals surface area contributed by atoms with Crippen LogP contribution >= 0.6 is 0 Å². The lowest BCUT2D eigenvalue weighted by Crippen LogP contribution is -1.95. The maximum absolute atomic E-state index is 8.92. The Morgan fingerprint density at radius 2 is 2.11 bits per heavy atom. The smallest absolute Gasteiger partial charge is 0.194 e. The molecule has 0 amide bonds. The first-order valence-electron chi connectivity index (χ1n) is 6.42. The molecule has 0 spiro atoms. The number of benzene rings is 1. The fourth-order valence-electron chi connectivity index (χ4n) is 2.01. The van der Waals surface area contributed by atoms with Crippen molar-refractivity contribution < 1.29 is 14.3 Å². The second-order valence-corrected chi connectivity index (χ2v) is 4.44. The molecule has 0 bridgehead atoms. The first-order chi connectivity index (χ1) is 9.22. The van der Waals surface area contributed by atoms with Crippen LogP contribution in [0.2, 0.25) is 0 Å². The van der Waals surface area contributed by atoms with Crippen molar-refractivity contribution in [2.45, 2.75) is 26.2 Å². The average Bonchev–Trinajstić information content (AvgIpc) is 2.78. The minimum atomic E-state index is 0.0999. The van der Waals surface area contributed by atoms with E-state index in [4.69, 9.17) is 14.3 Å². The molecular formula is C15H19NO3. The molecule has 1 aromatic heterocycles. The Kier molecular flexibility index (Phi) is 4.58. The van der Waals surface area contributed by atoms with E-state index in [9.17, 15) is 0 Å². The Labute approximate surface area is 113 Å². The van der Waals surface area contributed by atoms with Crippen molar-refractivity contribution in [3.8, 4) is 5.75 Å². The van der Waals surface area contributed by atoms with Gasteiger partial charge in [0, 0.05) is 19.4 Å². The summed E-state index contributed by atoms with van der Waals surface area (Å²) < 4.78 is 10.8. The topological polar surface area (TPSA) is 55.5 Å². The molecule has 0 saturated heterocycles. The molecule has 4 heteroatoms. The Balaban J connectivity index is 1.99. The molecule has 0 radical (unpaired) electrons. The third-order valence-corrected chi connectivity index (χ3v) is 3.05. The highest BCUT2D eigenvalue weighted by Crippen LogP contribution is 2.16. The van der Waals surface area contributed by atoms with Crippen LogP contribution in [0.25, 0.3) is 0 Å². The van der Waals surface area contributed by atoms with E-state index in [-0.39, 0.29) is 6.61 Å². The number of aryl methyl sites for hydroxylation is 3. The summed E-state index contributed by atoms with van der Waals surface area (Å²) in [6, 6.07) is 7.99. The molecule has 1 aromatic carbocycles. The summed E-state index contributed by atoms with van der Waals surface area (Å²) in [7, 11) is 1.66. The van der Waals surface area contributed by atoms with Gasteiger partial charge in [-0.2, -0.15) is 0 Å². The van der Waals surface area contributed by atoms with Gasteiger partial charge in [0.05, 0.1) is 12.8 Å². The van der Waals surface area contributed by atoms with Crippen molar-refractivity contribution in [3.05, 3.63) is 47.2 Å². The summed E-state index contributed by atoms with van der Waals surface area (Å²) in [6.45, 7) is 1.98. The summed E-state index contributed by atoms with van der Waals surface area (Å²) in [5, 5.41) is 8.92. The number of aliphatic hydroxyl groups is 1. The van der Waals surface area contributed by atoms with Gasteiger partial charge in [0.2, 0.25) is 0 Å². The minimum Gasteiger partial charge on any atom is -0.497 e. The highest BCUT2D eigenvalue weighted by atomic mass is 16.5. The quantitative estimate of drug-likeness (QED) is 0.867. The largest absolute Gasteiger partial charge is 0.497 e. The van der Waals surface area contributed by atoms with Crippen molar-refractivity contribution in [2.75, 3.05) is 13.7 Å². The Bertz CT molecular complexity index is 534. The van der Waals surface area contributed by atoms with Crippen LogP contribution in [0.5, 0.6) is 5.75 Å². The fraction of sp³-hybridized carbons (Fsp3) is 0.400. The molecule has 0 aliphatic heterocycles. The van der Waals surface area contributed by atoms with Gasteiger partial charge in [0.15, 0.2) is 5.89 Å². The first-order valence-corrected chi connectivity index (χ1v) is 6.42. The number of ether oxygens (including phenoxy) is 1. The number of nitrogens with zero attached hydrogens (tertiary/aromatic N) is 1. The van der Waals surface area contributed by atoms with Crippen LogP contribution in [0.1, 0.15) is 22.9 Å². The number of methoxy groups -OCH3 is 1. The number of hydrogen-bond acceptors (Lipinski definition) is 4. The van der Waals surface area contributed by atoms with Gasteiger partial charge in [-0.3, -0.25) is 0 Å². The molecule has 4 nitrogen and oxygen atoms in total. The number of hydrogen-bond donors (Lipinski definition) is 1. The predicted molar refractivity (Wildman–Crippen MR) is 72.4 cm³/mol. The molecule has 0 aliphatic carbocycles. The van der Waals surface area contributed by atoms with Gasteiger partial charge in [-0.15, -0.1) is 0 Å². The number of rotatable bonds is 6. The zero-order chi connectivity index (χ0) is 13.7. The average molecular weight is 261 g/mol. The summed E-state index contributed by atoms with van der Waals surface area (Å²) in [5.74, 6) is 2.39. The number of aromatic nitrogens is 1. The zero-order valence-electron chi connectivity index (χ0n) is 11.3. The Morgan fingerprint density at radius 1 is 1.26 bits per heavy atom. The highest BCUT2D eigenvalue weighted by Gasteiger charge is 2.09. The second-order valence-electron chi connectivity index (χ2n) is 4.44. The van der Waals surface area contributed by atoms with E-state index >= 15 is 0 Å². The van der Waals surface area contributed by atoms with Crippen molar-refractivity contribution in [3.63, 3.8) is 0 Å². The second kappa shape index (κ2) is 6.38. The SMILES string of the molecule is COc1cccc(CCc2nc(CCO)c(C)o2)c1. The van der Waals surface area contributed by atoms with E-state index in [2.05, 4.69) is 11.1 Å². The maximum Gasteiger partial charge on any atom is 0.194 e. The molecule has 102 valence electrons. The molecule has 0 fully saturated rings. The molecule has 0 unspecified atom stereocenters. The summed E-state index contributed by atoms with van der Waals surface area (Å²) in [6.07, 6.45) is 2.16. The highest BCUT2D eigenvalue weighted by molar-refractivity contribution is 5.28. The summed E-state index contributed by atoms with van der Waals surface area (Å²) >= 11 is 0. The molecule has 1 heterocycles. The molecule has 1 N–H and O–H groups in total. The zero-order valence-corrected chi connectivity index (χ0v) is 11.3. The van der Waals surface area contributed by atoms with Crippen molar-refractivity contribution in [2.24, 2.45) is 0 Å². The third kappa shape index (κ3) is 3.58. The normalized spacial score (nSPS) is 10.7. The van der Waals surface area contributed by atoms with E-state index in [0.717, 1.165) is 35.9 Å². The van der Waals surface area contributed by atoms with Gasteiger partial charge >= 0.3 is 0 Å². The van der Waals surface area contributed by atoms with Crippen LogP contribution in [-0.2, 0) is 19.3 Å². The van der Waals surface area contributed by atoms with Gasteiger partial charge in [0.25, 0.3) is 0 Å². The minimum absolute atomic E-state index is 0.0999. The van der Waals surface area contributed by atoms with E-state index in [1.165, 1.54) is 5.56 Å². The number of oxazole rings is 1. The van der Waals surface area contributed by atoms with Crippen LogP contribution < -0.4 is 4.74 Å². The van der Waals surface area contributed by atoms with Crippen LogP contribution in [0, 0.1) is 6.92 Å². The molecule has 0 aliphatic rings. The van der Waals surface area contributed by atoms with Gasteiger partial charge in [-0.1, -0.05) is 12.1 Å². The van der Waals surface area contributed by atoms with Gasteiger partial charge in [-0.05, 0) is 31.0 Å². The molecule has 0 saturated carbocycles. The first kappa shape index (κ1) is 13.6. The number of aliphatic hydroxyl groups excluding tert-OH is 1. The Hall–Kier alpha value is -1.81. The van der Waals surface area contributed by atoms with Crippen molar-refractivity contribution >= 4 is 0 Å². The lowest BCUT2D eigenvalue weighted by Gasteiger charge is -2.02. The Morgan fingerprint density at radius 3 is 2.84 bits per heavy atom. The van der Waals surface area contributed by atoms with Crippen molar-refractivity contribution in [1.29, 1.82) is 0 Å². The molecule has 2 aromatic rings. The third-order valence-electron chi connectivity index (χ3n) is 3.05. The van der Waals surface area contributed by atoms with E-state index in [1.807, 2.05) is 25.1 Å². The standard InChI is InChI=1S/C15H19NO3/c1-11-14(8-9-17)16-15(19-11)7-6-12-4-3-5-13(10-12)18-2/h3-5,10,17H,6-9H2,1-2H3. The van der Waals surface area contributed by atoms with Gasteiger partial charge in [0.1, 0.15) is 11.5 Å². The van der Waals surface area contributed by atoms with Gasteiger partial charge < -0.3 is 14.3 Å². The lowest BCUT2D eigenvalue weighted by molar-refractivity contribution is 0.297. The van der Waals surface area contributed by atoms with Crippen LogP contribution in [0.15, 0.2) is 28.7 Å². The summed E-state index contributed by atoms with van der Waals surface area (Å²) in [5.41, 5.74) is 2.04.